The van der Waals surface area contributed by atoms with Crippen LogP contribution in [0.5, 0.6) is 0 Å². The summed E-state index contributed by atoms with van der Waals surface area (Å²) >= 11 is 0. The second kappa shape index (κ2) is 9.83. The van der Waals surface area contributed by atoms with Crippen molar-refractivity contribution in [2.75, 3.05) is 5.32 Å². The molecule has 2 aliphatic rings. The number of aryl methyl sites for hydroxylation is 1. The Morgan fingerprint density at radius 3 is 2.65 bits per heavy atom. The first-order chi connectivity index (χ1) is 16.5. The molecular formula is C26H31N5O3. The highest BCUT2D eigenvalue weighted by Gasteiger charge is 2.33. The summed E-state index contributed by atoms with van der Waals surface area (Å²) in [6.45, 7) is 1.84. The third-order valence-corrected chi connectivity index (χ3v) is 7.01. The van der Waals surface area contributed by atoms with E-state index in [1.807, 2.05) is 43.3 Å². The lowest BCUT2D eigenvalue weighted by molar-refractivity contribution is -0.122. The van der Waals surface area contributed by atoms with Gasteiger partial charge in [0.05, 0.1) is 12.1 Å². The van der Waals surface area contributed by atoms with E-state index in [1.54, 1.807) is 0 Å². The molecule has 2 amide bonds. The molecular weight excluding hydrogens is 430 g/mol. The Morgan fingerprint density at radius 1 is 1.12 bits per heavy atom. The van der Waals surface area contributed by atoms with Crippen molar-refractivity contribution in [2.45, 2.75) is 70.3 Å². The lowest BCUT2D eigenvalue weighted by atomic mass is 9.78. The van der Waals surface area contributed by atoms with Crippen LogP contribution in [-0.2, 0) is 16.0 Å². The van der Waals surface area contributed by atoms with Crippen molar-refractivity contribution in [2.24, 2.45) is 5.92 Å². The van der Waals surface area contributed by atoms with Gasteiger partial charge in [0.2, 0.25) is 17.7 Å². The molecule has 0 bridgehead atoms. The number of nitrogens with one attached hydrogen (secondary N) is 3. The summed E-state index contributed by atoms with van der Waals surface area (Å²) in [5.41, 5.74) is 2.57. The molecule has 2 aromatic heterocycles. The third kappa shape index (κ3) is 5.05. The molecule has 1 aromatic carbocycles. The fraction of sp³-hybridized carbons (Fsp3) is 0.462. The lowest BCUT2D eigenvalue weighted by Gasteiger charge is -2.35. The Balaban J connectivity index is 1.09. The molecule has 0 spiro atoms. The molecule has 0 radical (unpaired) electrons. The number of benzene rings is 1. The minimum Gasteiger partial charge on any atom is -0.441 e. The highest BCUT2D eigenvalue weighted by molar-refractivity contribution is 5.91. The van der Waals surface area contributed by atoms with E-state index in [4.69, 9.17) is 4.42 Å². The second-order valence-corrected chi connectivity index (χ2v) is 9.53. The fourth-order valence-electron chi connectivity index (χ4n) is 4.92. The number of oxazole rings is 1. The number of H-pyrrole nitrogens is 1. The summed E-state index contributed by atoms with van der Waals surface area (Å²) in [5.74, 6) is 2.23. The van der Waals surface area contributed by atoms with Crippen LogP contribution in [0.2, 0.25) is 0 Å². The minimum absolute atomic E-state index is 0.0514. The zero-order valence-corrected chi connectivity index (χ0v) is 19.5. The normalized spacial score (nSPS) is 20.5. The Labute approximate surface area is 198 Å². The summed E-state index contributed by atoms with van der Waals surface area (Å²) in [4.78, 5) is 29.5. The second-order valence-electron chi connectivity index (χ2n) is 9.53. The number of aromatic amines is 1. The van der Waals surface area contributed by atoms with E-state index in [2.05, 4.69) is 25.8 Å². The highest BCUT2D eigenvalue weighted by atomic mass is 16.4. The van der Waals surface area contributed by atoms with Gasteiger partial charge in [-0.1, -0.05) is 37.5 Å². The molecule has 3 aromatic rings. The van der Waals surface area contributed by atoms with Gasteiger partial charge in [-0.3, -0.25) is 14.7 Å². The van der Waals surface area contributed by atoms with E-state index >= 15 is 0 Å². The molecule has 0 saturated heterocycles. The van der Waals surface area contributed by atoms with Crippen LogP contribution in [0.25, 0.3) is 11.5 Å². The van der Waals surface area contributed by atoms with Gasteiger partial charge in [0.15, 0.2) is 5.82 Å². The number of nitrogens with zero attached hydrogens (tertiary/aromatic N) is 2. The van der Waals surface area contributed by atoms with Gasteiger partial charge in [-0.05, 0) is 44.7 Å². The number of carbonyl (C=O) groups excluding carboxylic acids is 2. The predicted molar refractivity (Wildman–Crippen MR) is 128 cm³/mol. The molecule has 8 heteroatoms. The average molecular weight is 462 g/mol. The number of aromatic nitrogens is 3. The van der Waals surface area contributed by atoms with E-state index in [9.17, 15) is 9.59 Å². The maximum absolute atomic E-state index is 12.6. The Bertz CT molecular complexity index is 1140. The molecule has 2 heterocycles. The predicted octanol–water partition coefficient (Wildman–Crippen LogP) is 4.50. The Morgan fingerprint density at radius 2 is 1.88 bits per heavy atom. The first-order valence-corrected chi connectivity index (χ1v) is 12.2. The average Bonchev–Trinajstić information content (AvgIpc) is 3.43. The van der Waals surface area contributed by atoms with Gasteiger partial charge in [0.1, 0.15) is 5.76 Å². The van der Waals surface area contributed by atoms with Gasteiger partial charge in [0, 0.05) is 35.2 Å². The summed E-state index contributed by atoms with van der Waals surface area (Å²) < 4.78 is 5.76. The topological polar surface area (TPSA) is 113 Å². The van der Waals surface area contributed by atoms with Gasteiger partial charge in [-0.2, -0.15) is 5.10 Å². The molecule has 2 saturated carbocycles. The number of anilines is 1. The molecule has 3 N–H and O–H groups in total. The number of amides is 2. The monoisotopic (exact) mass is 461 g/mol. The molecule has 5 rings (SSSR count). The molecule has 2 aliphatic carbocycles. The molecule has 0 aliphatic heterocycles. The summed E-state index contributed by atoms with van der Waals surface area (Å²) in [6.07, 6.45) is 7.30. The summed E-state index contributed by atoms with van der Waals surface area (Å²) in [5, 5.41) is 13.4. The van der Waals surface area contributed by atoms with Crippen molar-refractivity contribution in [3.05, 3.63) is 53.5 Å². The maximum Gasteiger partial charge on any atom is 0.228 e. The zero-order chi connectivity index (χ0) is 23.5. The molecule has 2 fully saturated rings. The van der Waals surface area contributed by atoms with E-state index in [0.29, 0.717) is 29.1 Å². The molecule has 0 atom stereocenters. The van der Waals surface area contributed by atoms with Crippen LogP contribution in [-0.4, -0.2) is 33.0 Å². The number of rotatable bonds is 7. The van der Waals surface area contributed by atoms with Crippen LogP contribution < -0.4 is 10.6 Å². The maximum atomic E-state index is 12.6. The van der Waals surface area contributed by atoms with Crippen LogP contribution in [0.15, 0.2) is 40.8 Å². The number of hydrogen-bond donors (Lipinski definition) is 3. The summed E-state index contributed by atoms with van der Waals surface area (Å²) in [7, 11) is 0. The first kappa shape index (κ1) is 22.4. The lowest BCUT2D eigenvalue weighted by Crippen LogP contribution is -2.44. The van der Waals surface area contributed by atoms with Crippen LogP contribution in [0.3, 0.4) is 0 Å². The van der Waals surface area contributed by atoms with Gasteiger partial charge in [-0.15, -0.1) is 0 Å². The van der Waals surface area contributed by atoms with Crippen molar-refractivity contribution in [3.63, 3.8) is 0 Å². The van der Waals surface area contributed by atoms with Crippen LogP contribution in [0, 0.1) is 12.8 Å². The van der Waals surface area contributed by atoms with Crippen molar-refractivity contribution >= 4 is 17.6 Å². The number of carbonyl (C=O) groups is 2. The van der Waals surface area contributed by atoms with E-state index in [1.165, 1.54) is 6.42 Å². The SMILES string of the molecule is Cc1oc(-c2ccccc2)nc1CC(=O)NC1CC(c2cc(NC(=O)C3CCCCC3)n[nH]2)C1. The van der Waals surface area contributed by atoms with Crippen LogP contribution >= 0.6 is 0 Å². The van der Waals surface area contributed by atoms with Crippen molar-refractivity contribution in [1.29, 1.82) is 0 Å². The molecule has 34 heavy (non-hydrogen) atoms. The first-order valence-electron chi connectivity index (χ1n) is 12.2. The van der Waals surface area contributed by atoms with Gasteiger partial charge < -0.3 is 15.1 Å². The molecule has 8 nitrogen and oxygen atoms in total. The van der Waals surface area contributed by atoms with Gasteiger partial charge >= 0.3 is 0 Å². The van der Waals surface area contributed by atoms with Crippen molar-refractivity contribution < 1.29 is 14.0 Å². The standard InChI is InChI=1S/C26H31N5O3/c1-16-21(28-26(34-16)18-10-6-3-7-11-18)15-24(32)27-20-12-19(13-20)22-14-23(31-30-22)29-25(33)17-8-4-2-5-9-17/h3,6-7,10-11,14,17,19-20H,2,4-5,8-9,12-13,15H2,1H3,(H,27,32)(H2,29,30,31,33). The zero-order valence-electron chi connectivity index (χ0n) is 19.5. The van der Waals surface area contributed by atoms with E-state index in [0.717, 1.165) is 49.8 Å². The van der Waals surface area contributed by atoms with Crippen molar-refractivity contribution in [3.8, 4) is 11.5 Å². The van der Waals surface area contributed by atoms with Gasteiger partial charge in [0.25, 0.3) is 0 Å². The van der Waals surface area contributed by atoms with Crippen LogP contribution in [0.1, 0.15) is 68.0 Å². The van der Waals surface area contributed by atoms with Crippen LogP contribution in [0.4, 0.5) is 5.82 Å². The third-order valence-electron chi connectivity index (χ3n) is 7.01. The minimum atomic E-state index is -0.0514. The summed E-state index contributed by atoms with van der Waals surface area (Å²) in [6, 6.07) is 11.7. The quantitative estimate of drug-likeness (QED) is 0.480. The fourth-order valence-corrected chi connectivity index (χ4v) is 4.92. The molecule has 0 unspecified atom stereocenters. The highest BCUT2D eigenvalue weighted by Crippen LogP contribution is 2.37. The number of hydrogen-bond acceptors (Lipinski definition) is 5. The molecule has 178 valence electrons. The Hall–Kier alpha value is -3.42. The van der Waals surface area contributed by atoms with E-state index < -0.39 is 0 Å². The van der Waals surface area contributed by atoms with Crippen molar-refractivity contribution in [1.82, 2.24) is 20.5 Å². The van der Waals surface area contributed by atoms with Gasteiger partial charge in [-0.25, -0.2) is 4.98 Å². The Kier molecular flexibility index (Phi) is 6.47. The van der Waals surface area contributed by atoms with E-state index in [-0.39, 0.29) is 30.2 Å². The smallest absolute Gasteiger partial charge is 0.228 e. The largest absolute Gasteiger partial charge is 0.441 e.